The average molecular weight is 149 g/mol. The Morgan fingerprint density at radius 3 is 1.91 bits per heavy atom. The molecule has 56 valence electrons. The zero-order valence-electron chi connectivity index (χ0n) is 5.82. The van der Waals surface area contributed by atoms with Crippen molar-refractivity contribution in [3.63, 3.8) is 0 Å². The van der Waals surface area contributed by atoms with Crippen LogP contribution in [0.3, 0.4) is 0 Å². The van der Waals surface area contributed by atoms with E-state index in [2.05, 4.69) is 9.98 Å². The van der Waals surface area contributed by atoms with Gasteiger partial charge in [0, 0.05) is 0 Å². The predicted octanol–water partition coefficient (Wildman–Crippen LogP) is 0.221. The minimum absolute atomic E-state index is 0. The Bertz CT molecular complexity index is 359. The van der Waals surface area contributed by atoms with Gasteiger partial charge < -0.3 is 6.15 Å². The Kier molecular flexibility index (Phi) is 1.78. The maximum atomic E-state index is 10.6. The lowest BCUT2D eigenvalue weighted by atomic mass is 10.3. The fourth-order valence-electron chi connectivity index (χ4n) is 0.884. The first kappa shape index (κ1) is 7.56. The van der Waals surface area contributed by atoms with Gasteiger partial charge in [-0.1, -0.05) is 12.1 Å². The molecule has 2 amide bonds. The molecule has 0 radical (unpaired) electrons. The van der Waals surface area contributed by atoms with Crippen molar-refractivity contribution in [3.05, 3.63) is 35.0 Å². The van der Waals surface area contributed by atoms with Gasteiger partial charge in [-0.15, -0.1) is 0 Å². The molecule has 1 aromatic carbocycles. The van der Waals surface area contributed by atoms with Gasteiger partial charge in [0.25, 0.3) is 0 Å². The molecule has 0 saturated heterocycles. The monoisotopic (exact) mass is 149 g/mol. The summed E-state index contributed by atoms with van der Waals surface area (Å²) in [5.41, 5.74) is 0. The molecule has 4 heteroatoms. The summed E-state index contributed by atoms with van der Waals surface area (Å²) in [6.07, 6.45) is 0. The fraction of sp³-hybridized carbons (Fsp3) is 0. The number of para-hydroxylation sites is 2. The minimum Gasteiger partial charge on any atom is -0.344 e. The SMILES string of the molecule is N.O=C1N=c2ccccc2=N1. The van der Waals surface area contributed by atoms with Gasteiger partial charge in [-0.05, 0) is 12.1 Å². The summed E-state index contributed by atoms with van der Waals surface area (Å²) in [6.45, 7) is 0. The van der Waals surface area contributed by atoms with E-state index in [1.807, 2.05) is 12.1 Å². The molecule has 2 rings (SSSR count). The summed E-state index contributed by atoms with van der Waals surface area (Å²) in [4.78, 5) is 17.9. The van der Waals surface area contributed by atoms with Crippen molar-refractivity contribution in [2.45, 2.75) is 0 Å². The van der Waals surface area contributed by atoms with Gasteiger partial charge in [-0.25, -0.2) is 4.79 Å². The molecule has 1 heterocycles. The highest BCUT2D eigenvalue weighted by Crippen LogP contribution is 1.82. The number of nitrogens with zero attached hydrogens (tertiary/aromatic N) is 2. The maximum Gasteiger partial charge on any atom is 0.368 e. The van der Waals surface area contributed by atoms with Crippen LogP contribution in [0.4, 0.5) is 4.79 Å². The number of amides is 2. The summed E-state index contributed by atoms with van der Waals surface area (Å²) in [5.74, 6) is 0. The number of fused-ring (bicyclic) bond motifs is 1. The highest BCUT2D eigenvalue weighted by Gasteiger charge is 2.01. The van der Waals surface area contributed by atoms with E-state index in [0.717, 1.165) is 0 Å². The number of hydrogen-bond acceptors (Lipinski definition) is 2. The lowest BCUT2D eigenvalue weighted by Gasteiger charge is -1.75. The summed E-state index contributed by atoms with van der Waals surface area (Å²) < 4.78 is 0. The summed E-state index contributed by atoms with van der Waals surface area (Å²) in [5, 5.41) is 1.35. The number of benzene rings is 1. The maximum absolute atomic E-state index is 10.6. The molecule has 1 aliphatic rings. The number of hydrogen-bond donors (Lipinski definition) is 1. The first-order valence-electron chi connectivity index (χ1n) is 2.93. The van der Waals surface area contributed by atoms with Gasteiger partial charge in [-0.3, -0.25) is 0 Å². The quantitative estimate of drug-likeness (QED) is 0.572. The molecule has 4 nitrogen and oxygen atoms in total. The highest BCUT2D eigenvalue weighted by molar-refractivity contribution is 5.77. The first-order valence-corrected chi connectivity index (χ1v) is 2.93. The second kappa shape index (κ2) is 2.59. The van der Waals surface area contributed by atoms with E-state index < -0.39 is 6.03 Å². The van der Waals surface area contributed by atoms with Crippen LogP contribution in [0, 0.1) is 0 Å². The van der Waals surface area contributed by atoms with Crippen LogP contribution in [0.1, 0.15) is 0 Å². The zero-order valence-corrected chi connectivity index (χ0v) is 5.82. The van der Waals surface area contributed by atoms with E-state index in [-0.39, 0.29) is 6.15 Å². The third kappa shape index (κ3) is 1.15. The average Bonchev–Trinajstić information content (AvgIpc) is 2.27. The van der Waals surface area contributed by atoms with Gasteiger partial charge in [0.05, 0.1) is 10.7 Å². The van der Waals surface area contributed by atoms with Crippen molar-refractivity contribution in [3.8, 4) is 0 Å². The van der Waals surface area contributed by atoms with Crippen LogP contribution < -0.4 is 16.9 Å². The van der Waals surface area contributed by atoms with Gasteiger partial charge in [0.1, 0.15) is 0 Å². The van der Waals surface area contributed by atoms with Crippen LogP contribution in [0.5, 0.6) is 0 Å². The third-order valence-electron chi connectivity index (χ3n) is 1.31. The molecular weight excluding hydrogens is 142 g/mol. The highest BCUT2D eigenvalue weighted by atomic mass is 16.2. The largest absolute Gasteiger partial charge is 0.368 e. The van der Waals surface area contributed by atoms with Gasteiger partial charge in [0.2, 0.25) is 0 Å². The molecule has 0 aliphatic carbocycles. The molecule has 0 unspecified atom stereocenters. The zero-order chi connectivity index (χ0) is 6.97. The van der Waals surface area contributed by atoms with Crippen LogP contribution in [0.25, 0.3) is 0 Å². The Labute approximate surface area is 62.9 Å². The molecule has 3 N–H and O–H groups in total. The van der Waals surface area contributed by atoms with Crippen molar-refractivity contribution in [1.82, 2.24) is 6.15 Å². The van der Waals surface area contributed by atoms with Crippen LogP contribution in [-0.4, -0.2) is 6.03 Å². The first-order chi connectivity index (χ1) is 4.86. The van der Waals surface area contributed by atoms with Gasteiger partial charge in [0.15, 0.2) is 0 Å². The number of urea groups is 1. The Balaban J connectivity index is 0.000000605. The molecule has 1 aromatic rings. The second-order valence-corrected chi connectivity index (χ2v) is 1.99. The third-order valence-corrected chi connectivity index (χ3v) is 1.31. The van der Waals surface area contributed by atoms with E-state index in [1.54, 1.807) is 12.1 Å². The van der Waals surface area contributed by atoms with Gasteiger partial charge in [-0.2, -0.15) is 9.98 Å². The molecule has 0 saturated carbocycles. The minimum atomic E-state index is -0.402. The van der Waals surface area contributed by atoms with Crippen molar-refractivity contribution in [1.29, 1.82) is 0 Å². The standard InChI is InChI=1S/C7H4N2O.H3N/c10-7-8-5-3-1-2-4-6(5)9-7;/h1-4H;1H3. The molecule has 0 atom stereocenters. The Hall–Kier alpha value is -1.55. The molecule has 0 spiro atoms. The normalized spacial score (nSPS) is 12.5. The van der Waals surface area contributed by atoms with E-state index in [4.69, 9.17) is 0 Å². The fourth-order valence-corrected chi connectivity index (χ4v) is 0.884. The molecule has 0 bridgehead atoms. The van der Waals surface area contributed by atoms with Crippen LogP contribution >= 0.6 is 0 Å². The van der Waals surface area contributed by atoms with E-state index in [9.17, 15) is 4.79 Å². The Morgan fingerprint density at radius 2 is 1.45 bits per heavy atom. The smallest absolute Gasteiger partial charge is 0.344 e. The van der Waals surface area contributed by atoms with E-state index >= 15 is 0 Å². The summed E-state index contributed by atoms with van der Waals surface area (Å²) >= 11 is 0. The lowest BCUT2D eigenvalue weighted by Crippen LogP contribution is -2.19. The Morgan fingerprint density at radius 1 is 1.00 bits per heavy atom. The molecule has 11 heavy (non-hydrogen) atoms. The lowest BCUT2D eigenvalue weighted by molar-refractivity contribution is 0.256. The van der Waals surface area contributed by atoms with Crippen molar-refractivity contribution in [2.24, 2.45) is 9.98 Å². The van der Waals surface area contributed by atoms with Crippen LogP contribution in [0.2, 0.25) is 0 Å². The van der Waals surface area contributed by atoms with Gasteiger partial charge >= 0.3 is 6.03 Å². The number of carbonyl (C=O) groups is 1. The predicted molar refractivity (Wildman–Crippen MR) is 39.2 cm³/mol. The molecule has 0 aromatic heterocycles. The number of carbonyl (C=O) groups excluding carboxylic acids is 1. The van der Waals surface area contributed by atoms with Crippen LogP contribution in [0.15, 0.2) is 34.3 Å². The van der Waals surface area contributed by atoms with Crippen LogP contribution in [-0.2, 0) is 0 Å². The van der Waals surface area contributed by atoms with E-state index in [1.165, 1.54) is 0 Å². The summed E-state index contributed by atoms with van der Waals surface area (Å²) in [7, 11) is 0. The molecular formula is C7H7N3O. The van der Waals surface area contributed by atoms with Crippen molar-refractivity contribution >= 4 is 6.03 Å². The molecule has 1 aliphatic heterocycles. The number of rotatable bonds is 0. The molecule has 0 fully saturated rings. The van der Waals surface area contributed by atoms with Crippen molar-refractivity contribution in [2.75, 3.05) is 0 Å². The summed E-state index contributed by atoms with van der Waals surface area (Å²) in [6, 6.07) is 6.79. The topological polar surface area (TPSA) is 76.8 Å². The second-order valence-electron chi connectivity index (χ2n) is 1.99. The van der Waals surface area contributed by atoms with E-state index in [0.29, 0.717) is 10.7 Å². The van der Waals surface area contributed by atoms with Crippen molar-refractivity contribution < 1.29 is 4.79 Å².